The summed E-state index contributed by atoms with van der Waals surface area (Å²) in [6, 6.07) is 1.92. The number of benzene rings is 1. The Morgan fingerprint density at radius 3 is 2.62 bits per heavy atom. The first-order valence-corrected chi connectivity index (χ1v) is 8.90. The fraction of sp³-hybridized carbons (Fsp3) is 0.556. The van der Waals surface area contributed by atoms with Crippen molar-refractivity contribution >= 4 is 12.2 Å². The maximum atomic E-state index is 13.7. The van der Waals surface area contributed by atoms with Crippen molar-refractivity contribution in [1.82, 2.24) is 9.80 Å². The Morgan fingerprint density at radius 2 is 2.07 bits per heavy atom. The van der Waals surface area contributed by atoms with Crippen LogP contribution in [0.2, 0.25) is 0 Å². The van der Waals surface area contributed by atoms with Crippen molar-refractivity contribution < 1.29 is 41.7 Å². The molecule has 1 N–H and O–H groups in total. The fourth-order valence-electron chi connectivity index (χ4n) is 3.67. The Balaban J connectivity index is 1.95. The van der Waals surface area contributed by atoms with Crippen LogP contribution < -0.4 is 0 Å². The highest BCUT2D eigenvalue weighted by Gasteiger charge is 2.54. The predicted molar refractivity (Wildman–Crippen MR) is 90.8 cm³/mol. The maximum Gasteiger partial charge on any atom is 0.419 e. The van der Waals surface area contributed by atoms with E-state index in [9.17, 15) is 32.3 Å². The van der Waals surface area contributed by atoms with Crippen molar-refractivity contribution in [3.63, 3.8) is 0 Å². The molecule has 0 spiro atoms. The largest absolute Gasteiger partial charge is 0.465 e. The van der Waals surface area contributed by atoms with Crippen LogP contribution in [-0.4, -0.2) is 66.5 Å². The molecule has 1 aromatic carbocycles. The lowest BCUT2D eigenvalue weighted by molar-refractivity contribution is -0.140. The first-order chi connectivity index (χ1) is 13.6. The minimum atomic E-state index is -4.89. The number of carboxylic acid groups (broad SMARTS) is 1. The summed E-state index contributed by atoms with van der Waals surface area (Å²) in [5.74, 6) is -1.40. The van der Waals surface area contributed by atoms with Crippen molar-refractivity contribution in [2.24, 2.45) is 0 Å². The quantitative estimate of drug-likeness (QED) is 0.757. The SMILES string of the molecule is COC(=O)N(C[C@H]1COCCN1C(=O)O)C1(c2ccc(F)c(C(F)(F)F)c2)CC1. The van der Waals surface area contributed by atoms with Gasteiger partial charge in [-0.3, -0.25) is 9.80 Å². The topological polar surface area (TPSA) is 79.3 Å². The molecule has 1 saturated carbocycles. The van der Waals surface area contributed by atoms with Crippen LogP contribution in [0.25, 0.3) is 0 Å². The highest BCUT2D eigenvalue weighted by molar-refractivity contribution is 5.70. The third-order valence-electron chi connectivity index (χ3n) is 5.31. The number of halogens is 4. The summed E-state index contributed by atoms with van der Waals surface area (Å²) in [4.78, 5) is 26.3. The van der Waals surface area contributed by atoms with Crippen molar-refractivity contribution in [1.29, 1.82) is 0 Å². The van der Waals surface area contributed by atoms with Gasteiger partial charge in [0.2, 0.25) is 0 Å². The molecule has 1 aromatic rings. The van der Waals surface area contributed by atoms with Crippen molar-refractivity contribution in [3.8, 4) is 0 Å². The van der Waals surface area contributed by atoms with E-state index in [1.165, 1.54) is 11.0 Å². The summed E-state index contributed by atoms with van der Waals surface area (Å²) in [7, 11) is 1.13. The standard InChI is InChI=1S/C18H20F4N2O5/c1-28-16(27)24(9-12-10-29-7-6-23(12)15(25)26)17(4-5-17)11-2-3-14(19)13(8-11)18(20,21)22/h2-3,8,12H,4-7,9-10H2,1H3,(H,25,26)/t12-/m0/s1. The van der Waals surface area contributed by atoms with Crippen LogP contribution in [0.5, 0.6) is 0 Å². The predicted octanol–water partition coefficient (Wildman–Crippen LogP) is 3.28. The van der Waals surface area contributed by atoms with Gasteiger partial charge in [0.25, 0.3) is 0 Å². The molecule has 7 nitrogen and oxygen atoms in total. The molecule has 3 rings (SSSR count). The lowest BCUT2D eigenvalue weighted by atomic mass is 9.99. The molecule has 160 valence electrons. The highest BCUT2D eigenvalue weighted by Crippen LogP contribution is 2.52. The van der Waals surface area contributed by atoms with E-state index in [0.29, 0.717) is 18.9 Å². The normalized spacial score (nSPS) is 20.9. The molecule has 0 unspecified atom stereocenters. The van der Waals surface area contributed by atoms with E-state index < -0.39 is 41.3 Å². The van der Waals surface area contributed by atoms with Gasteiger partial charge in [-0.1, -0.05) is 6.07 Å². The minimum Gasteiger partial charge on any atom is -0.465 e. The van der Waals surface area contributed by atoms with Gasteiger partial charge in [0, 0.05) is 13.1 Å². The van der Waals surface area contributed by atoms with Crippen LogP contribution in [0.1, 0.15) is 24.0 Å². The van der Waals surface area contributed by atoms with Gasteiger partial charge >= 0.3 is 18.4 Å². The number of amides is 2. The molecule has 1 saturated heterocycles. The second-order valence-electron chi connectivity index (χ2n) is 7.01. The van der Waals surface area contributed by atoms with Crippen molar-refractivity contribution in [2.75, 3.05) is 33.4 Å². The van der Waals surface area contributed by atoms with E-state index in [4.69, 9.17) is 9.47 Å². The van der Waals surface area contributed by atoms with Crippen LogP contribution in [0.3, 0.4) is 0 Å². The lowest BCUT2D eigenvalue weighted by Crippen LogP contribution is -2.56. The second kappa shape index (κ2) is 7.69. The van der Waals surface area contributed by atoms with Gasteiger partial charge < -0.3 is 14.6 Å². The number of ether oxygens (including phenoxy) is 2. The third-order valence-corrected chi connectivity index (χ3v) is 5.31. The molecule has 0 bridgehead atoms. The zero-order valence-electron chi connectivity index (χ0n) is 15.5. The van der Waals surface area contributed by atoms with E-state index in [1.807, 2.05) is 0 Å². The smallest absolute Gasteiger partial charge is 0.419 e. The molecule has 2 aliphatic rings. The summed E-state index contributed by atoms with van der Waals surface area (Å²) < 4.78 is 63.2. The first kappa shape index (κ1) is 21.2. The molecule has 2 fully saturated rings. The Labute approximate surface area is 163 Å². The monoisotopic (exact) mass is 420 g/mol. The molecule has 0 radical (unpaired) electrons. The Bertz CT molecular complexity index is 797. The summed E-state index contributed by atoms with van der Waals surface area (Å²) in [6.07, 6.45) is -6.20. The molecule has 0 aromatic heterocycles. The Kier molecular flexibility index (Phi) is 5.61. The van der Waals surface area contributed by atoms with Crippen molar-refractivity contribution in [2.45, 2.75) is 30.6 Å². The highest BCUT2D eigenvalue weighted by atomic mass is 19.4. The maximum absolute atomic E-state index is 13.7. The van der Waals surface area contributed by atoms with Crippen LogP contribution in [0, 0.1) is 5.82 Å². The van der Waals surface area contributed by atoms with E-state index in [0.717, 1.165) is 18.1 Å². The van der Waals surface area contributed by atoms with Gasteiger partial charge in [-0.2, -0.15) is 13.2 Å². The molecular formula is C18H20F4N2O5. The average Bonchev–Trinajstić information content (AvgIpc) is 3.46. The molecule has 1 atom stereocenters. The fourth-order valence-corrected chi connectivity index (χ4v) is 3.67. The van der Waals surface area contributed by atoms with Gasteiger partial charge in [0.15, 0.2) is 0 Å². The summed E-state index contributed by atoms with van der Waals surface area (Å²) >= 11 is 0. The van der Waals surface area contributed by atoms with Crippen LogP contribution >= 0.6 is 0 Å². The number of methoxy groups -OCH3 is 1. The molecule has 29 heavy (non-hydrogen) atoms. The number of carbonyl (C=O) groups excluding carboxylic acids is 1. The minimum absolute atomic E-state index is 0.0348. The van der Waals surface area contributed by atoms with Gasteiger partial charge in [-0.15, -0.1) is 0 Å². The number of alkyl halides is 3. The zero-order chi connectivity index (χ0) is 21.4. The number of morpholine rings is 1. The van der Waals surface area contributed by atoms with Crippen LogP contribution in [-0.2, 0) is 21.2 Å². The Morgan fingerprint density at radius 1 is 1.38 bits per heavy atom. The van der Waals surface area contributed by atoms with Crippen LogP contribution in [0.4, 0.5) is 27.2 Å². The molecule has 2 amide bonds. The Hall–Kier alpha value is -2.56. The first-order valence-electron chi connectivity index (χ1n) is 8.90. The summed E-state index contributed by atoms with van der Waals surface area (Å²) in [5.41, 5.74) is -2.42. The summed E-state index contributed by atoms with van der Waals surface area (Å²) in [6.45, 7) is 0.223. The van der Waals surface area contributed by atoms with Gasteiger partial charge in [0.1, 0.15) is 5.82 Å². The van der Waals surface area contributed by atoms with Gasteiger partial charge in [-0.05, 0) is 30.5 Å². The number of nitrogens with zero attached hydrogens (tertiary/aromatic N) is 2. The van der Waals surface area contributed by atoms with E-state index >= 15 is 0 Å². The van der Waals surface area contributed by atoms with E-state index in [2.05, 4.69) is 0 Å². The van der Waals surface area contributed by atoms with Gasteiger partial charge in [-0.25, -0.2) is 14.0 Å². The molecule has 11 heteroatoms. The number of rotatable bonds is 4. The third kappa shape index (κ3) is 4.09. The second-order valence-corrected chi connectivity index (χ2v) is 7.01. The van der Waals surface area contributed by atoms with Crippen LogP contribution in [0.15, 0.2) is 18.2 Å². The molecular weight excluding hydrogens is 400 g/mol. The zero-order valence-corrected chi connectivity index (χ0v) is 15.5. The molecule has 1 heterocycles. The molecule has 1 aliphatic carbocycles. The molecule has 1 aliphatic heterocycles. The van der Waals surface area contributed by atoms with E-state index in [-0.39, 0.29) is 31.9 Å². The number of carbonyl (C=O) groups is 2. The lowest BCUT2D eigenvalue weighted by Gasteiger charge is -2.39. The summed E-state index contributed by atoms with van der Waals surface area (Å²) in [5, 5.41) is 9.38. The number of hydrogen-bond acceptors (Lipinski definition) is 4. The average molecular weight is 420 g/mol. The van der Waals surface area contributed by atoms with Crippen molar-refractivity contribution in [3.05, 3.63) is 35.1 Å². The van der Waals surface area contributed by atoms with Gasteiger partial charge in [0.05, 0.1) is 37.5 Å². The van der Waals surface area contributed by atoms with E-state index in [1.54, 1.807) is 0 Å². The number of hydrogen-bond donors (Lipinski definition) is 1.